The molecule has 0 spiro atoms. The number of aromatic nitrogens is 4. The SMILES string of the molecule is COCCCNc1nc(NCCc2cccs2)c2cnn(C)c2n1. The first-order valence-electron chi connectivity index (χ1n) is 7.96. The second-order valence-electron chi connectivity index (χ2n) is 5.43. The van der Waals surface area contributed by atoms with E-state index in [9.17, 15) is 0 Å². The zero-order valence-electron chi connectivity index (χ0n) is 14.0. The quantitative estimate of drug-likeness (QED) is 0.580. The Hall–Kier alpha value is -2.19. The van der Waals surface area contributed by atoms with Gasteiger partial charge in [0.1, 0.15) is 5.82 Å². The molecule has 24 heavy (non-hydrogen) atoms. The summed E-state index contributed by atoms with van der Waals surface area (Å²) in [6, 6.07) is 4.22. The van der Waals surface area contributed by atoms with Gasteiger partial charge in [0, 0.05) is 38.7 Å². The highest BCUT2D eigenvalue weighted by molar-refractivity contribution is 7.09. The highest BCUT2D eigenvalue weighted by Gasteiger charge is 2.11. The van der Waals surface area contributed by atoms with Gasteiger partial charge in [-0.3, -0.25) is 4.68 Å². The third-order valence-electron chi connectivity index (χ3n) is 3.64. The van der Waals surface area contributed by atoms with Gasteiger partial charge in [-0.05, 0) is 24.3 Å². The van der Waals surface area contributed by atoms with Crippen LogP contribution in [0, 0.1) is 0 Å². The van der Waals surface area contributed by atoms with Crippen molar-refractivity contribution in [1.29, 1.82) is 0 Å². The van der Waals surface area contributed by atoms with E-state index in [1.54, 1.807) is 29.3 Å². The number of ether oxygens (including phenoxy) is 1. The van der Waals surface area contributed by atoms with Crippen molar-refractivity contribution in [2.45, 2.75) is 12.8 Å². The molecule has 3 aromatic rings. The standard InChI is InChI=1S/C16H22N6OS/c1-22-15-13(11-19-22)14(17-8-6-12-5-3-10-24-12)20-16(21-15)18-7-4-9-23-2/h3,5,10-11H,4,6-9H2,1-2H3,(H2,17,18,20,21). The number of nitrogens with one attached hydrogen (secondary N) is 2. The van der Waals surface area contributed by atoms with Gasteiger partial charge in [0.15, 0.2) is 5.65 Å². The molecule has 0 aliphatic heterocycles. The van der Waals surface area contributed by atoms with Crippen molar-refractivity contribution in [3.8, 4) is 0 Å². The largest absolute Gasteiger partial charge is 0.385 e. The van der Waals surface area contributed by atoms with Gasteiger partial charge in [0.05, 0.1) is 11.6 Å². The van der Waals surface area contributed by atoms with Gasteiger partial charge in [0.25, 0.3) is 0 Å². The molecular weight excluding hydrogens is 324 g/mol. The Kier molecular flexibility index (Phi) is 5.60. The Morgan fingerprint density at radius 1 is 1.25 bits per heavy atom. The summed E-state index contributed by atoms with van der Waals surface area (Å²) in [5.41, 5.74) is 0.817. The number of methoxy groups -OCH3 is 1. The smallest absolute Gasteiger partial charge is 0.226 e. The molecule has 7 nitrogen and oxygen atoms in total. The fourth-order valence-electron chi connectivity index (χ4n) is 2.41. The number of thiophene rings is 1. The van der Waals surface area contributed by atoms with Crippen molar-refractivity contribution in [2.75, 3.05) is 37.4 Å². The van der Waals surface area contributed by atoms with Crippen LogP contribution < -0.4 is 10.6 Å². The Balaban J connectivity index is 1.71. The molecule has 0 saturated carbocycles. The molecule has 3 rings (SSSR count). The summed E-state index contributed by atoms with van der Waals surface area (Å²) in [5, 5.41) is 14.0. The van der Waals surface area contributed by atoms with Crippen LogP contribution in [0.15, 0.2) is 23.7 Å². The van der Waals surface area contributed by atoms with Crippen molar-refractivity contribution < 1.29 is 4.74 Å². The van der Waals surface area contributed by atoms with Crippen LogP contribution in [0.2, 0.25) is 0 Å². The van der Waals surface area contributed by atoms with E-state index < -0.39 is 0 Å². The molecular formula is C16H22N6OS. The minimum Gasteiger partial charge on any atom is -0.385 e. The molecule has 0 amide bonds. The highest BCUT2D eigenvalue weighted by atomic mass is 32.1. The van der Waals surface area contributed by atoms with Gasteiger partial charge in [0.2, 0.25) is 5.95 Å². The summed E-state index contributed by atoms with van der Waals surface area (Å²) in [7, 11) is 3.59. The Labute approximate surface area is 145 Å². The molecule has 128 valence electrons. The number of nitrogens with zero attached hydrogens (tertiary/aromatic N) is 4. The van der Waals surface area contributed by atoms with Crippen molar-refractivity contribution in [1.82, 2.24) is 19.7 Å². The molecule has 2 N–H and O–H groups in total. The molecule has 0 fully saturated rings. The average molecular weight is 346 g/mol. The maximum Gasteiger partial charge on any atom is 0.226 e. The number of anilines is 2. The summed E-state index contributed by atoms with van der Waals surface area (Å²) < 4.78 is 6.83. The first-order chi connectivity index (χ1) is 11.8. The second-order valence-corrected chi connectivity index (χ2v) is 6.46. The molecule has 0 aliphatic carbocycles. The van der Waals surface area contributed by atoms with E-state index in [0.29, 0.717) is 12.6 Å². The zero-order chi connectivity index (χ0) is 16.8. The molecule has 0 radical (unpaired) electrons. The lowest BCUT2D eigenvalue weighted by molar-refractivity contribution is 0.197. The molecule has 8 heteroatoms. The number of aryl methyl sites for hydroxylation is 1. The first-order valence-corrected chi connectivity index (χ1v) is 8.84. The number of hydrogen-bond donors (Lipinski definition) is 2. The van der Waals surface area contributed by atoms with E-state index in [2.05, 4.69) is 43.2 Å². The minimum atomic E-state index is 0.612. The van der Waals surface area contributed by atoms with Crippen LogP contribution in [-0.2, 0) is 18.2 Å². The molecule has 0 unspecified atom stereocenters. The van der Waals surface area contributed by atoms with Crippen LogP contribution in [0.4, 0.5) is 11.8 Å². The number of fused-ring (bicyclic) bond motifs is 1. The van der Waals surface area contributed by atoms with Crippen LogP contribution in [0.5, 0.6) is 0 Å². The lowest BCUT2D eigenvalue weighted by Crippen LogP contribution is -2.11. The van der Waals surface area contributed by atoms with E-state index in [1.807, 2.05) is 7.05 Å². The summed E-state index contributed by atoms with van der Waals surface area (Å²) in [4.78, 5) is 10.5. The minimum absolute atomic E-state index is 0.612. The number of hydrogen-bond acceptors (Lipinski definition) is 7. The highest BCUT2D eigenvalue weighted by Crippen LogP contribution is 2.21. The maximum absolute atomic E-state index is 5.06. The van der Waals surface area contributed by atoms with Gasteiger partial charge < -0.3 is 15.4 Å². The molecule has 0 bridgehead atoms. The van der Waals surface area contributed by atoms with Crippen LogP contribution in [0.1, 0.15) is 11.3 Å². The van der Waals surface area contributed by atoms with Gasteiger partial charge in [-0.2, -0.15) is 15.1 Å². The fraction of sp³-hybridized carbons (Fsp3) is 0.438. The zero-order valence-corrected chi connectivity index (χ0v) is 14.8. The van der Waals surface area contributed by atoms with Crippen molar-refractivity contribution in [3.63, 3.8) is 0 Å². The monoisotopic (exact) mass is 346 g/mol. The summed E-state index contributed by atoms with van der Waals surface area (Å²) >= 11 is 1.77. The lowest BCUT2D eigenvalue weighted by Gasteiger charge is -2.10. The van der Waals surface area contributed by atoms with E-state index in [1.165, 1.54) is 4.88 Å². The predicted octanol–water partition coefficient (Wildman–Crippen LogP) is 2.53. The average Bonchev–Trinajstić information content (AvgIpc) is 3.22. The van der Waals surface area contributed by atoms with Crippen molar-refractivity contribution >= 4 is 34.1 Å². The Bertz CT molecular complexity index is 770. The van der Waals surface area contributed by atoms with Crippen molar-refractivity contribution in [3.05, 3.63) is 28.6 Å². The van der Waals surface area contributed by atoms with E-state index in [4.69, 9.17) is 4.74 Å². The van der Waals surface area contributed by atoms with Crippen LogP contribution >= 0.6 is 11.3 Å². The maximum atomic E-state index is 5.06. The molecule has 0 atom stereocenters. The predicted molar refractivity (Wildman–Crippen MR) is 97.8 cm³/mol. The molecule has 0 saturated heterocycles. The lowest BCUT2D eigenvalue weighted by atomic mass is 10.3. The normalized spacial score (nSPS) is 11.1. The third-order valence-corrected chi connectivity index (χ3v) is 4.58. The fourth-order valence-corrected chi connectivity index (χ4v) is 3.12. The van der Waals surface area contributed by atoms with Gasteiger partial charge in [-0.25, -0.2) is 0 Å². The van der Waals surface area contributed by atoms with Crippen LogP contribution in [0.3, 0.4) is 0 Å². The summed E-state index contributed by atoms with van der Waals surface area (Å²) in [6.45, 7) is 2.31. The molecule has 3 heterocycles. The third kappa shape index (κ3) is 4.01. The molecule has 0 aliphatic rings. The molecule has 3 aromatic heterocycles. The van der Waals surface area contributed by atoms with Gasteiger partial charge in [-0.1, -0.05) is 6.07 Å². The Morgan fingerprint density at radius 2 is 2.17 bits per heavy atom. The summed E-state index contributed by atoms with van der Waals surface area (Å²) in [6.07, 6.45) is 3.68. The van der Waals surface area contributed by atoms with Gasteiger partial charge in [-0.15, -0.1) is 11.3 Å². The second kappa shape index (κ2) is 8.07. The van der Waals surface area contributed by atoms with Crippen LogP contribution in [-0.4, -0.2) is 46.6 Å². The van der Waals surface area contributed by atoms with Crippen molar-refractivity contribution in [2.24, 2.45) is 7.05 Å². The topological polar surface area (TPSA) is 76.9 Å². The van der Waals surface area contributed by atoms with Crippen LogP contribution in [0.25, 0.3) is 11.0 Å². The summed E-state index contributed by atoms with van der Waals surface area (Å²) in [5.74, 6) is 1.43. The molecule has 0 aromatic carbocycles. The van der Waals surface area contributed by atoms with E-state index >= 15 is 0 Å². The number of rotatable bonds is 9. The van der Waals surface area contributed by atoms with E-state index in [-0.39, 0.29) is 0 Å². The van der Waals surface area contributed by atoms with E-state index in [0.717, 1.165) is 42.8 Å². The van der Waals surface area contributed by atoms with Gasteiger partial charge >= 0.3 is 0 Å². The first kappa shape index (κ1) is 16.7. The Morgan fingerprint density at radius 3 is 2.96 bits per heavy atom.